The van der Waals surface area contributed by atoms with Crippen LogP contribution in [0, 0.1) is 0 Å². The number of aromatic nitrogens is 3. The van der Waals surface area contributed by atoms with Gasteiger partial charge in [-0.1, -0.05) is 40.7 Å². The van der Waals surface area contributed by atoms with Crippen LogP contribution >= 0.6 is 27.7 Å². The number of hydrogen-bond acceptors (Lipinski definition) is 4. The van der Waals surface area contributed by atoms with E-state index in [4.69, 9.17) is 0 Å². The van der Waals surface area contributed by atoms with E-state index in [1.54, 1.807) is 0 Å². The van der Waals surface area contributed by atoms with Crippen LogP contribution in [0.2, 0.25) is 0 Å². The number of rotatable bonds is 6. The third kappa shape index (κ3) is 4.47. The standard InChI is InChI=1S/C13H15BrN4O2S/c1-2-6-18-12(20)16-17-13(18)21-8-11(19)15-10-5-3-4-9(14)7-10/h3-5,7H,2,6,8H2,1H3,(H,15,19)(H,16,20). The minimum Gasteiger partial charge on any atom is -0.325 e. The Morgan fingerprint density at radius 2 is 2.33 bits per heavy atom. The van der Waals surface area contributed by atoms with Gasteiger partial charge in [0, 0.05) is 16.7 Å². The van der Waals surface area contributed by atoms with Gasteiger partial charge < -0.3 is 5.32 Å². The smallest absolute Gasteiger partial charge is 0.325 e. The monoisotopic (exact) mass is 370 g/mol. The number of halogens is 1. The van der Waals surface area contributed by atoms with Crippen LogP contribution < -0.4 is 11.0 Å². The van der Waals surface area contributed by atoms with E-state index >= 15 is 0 Å². The van der Waals surface area contributed by atoms with Crippen molar-refractivity contribution in [2.75, 3.05) is 11.1 Å². The molecule has 0 saturated carbocycles. The molecule has 1 aromatic heterocycles. The molecule has 0 spiro atoms. The predicted molar refractivity (Wildman–Crippen MR) is 86.6 cm³/mol. The van der Waals surface area contributed by atoms with Crippen LogP contribution in [0.4, 0.5) is 5.69 Å². The average Bonchev–Trinajstić information content (AvgIpc) is 2.78. The molecule has 0 radical (unpaired) electrons. The fourth-order valence-electron chi connectivity index (χ4n) is 1.73. The number of amides is 1. The molecule has 2 aromatic rings. The second-order valence-corrected chi connectivity index (χ2v) is 6.17. The van der Waals surface area contributed by atoms with E-state index in [-0.39, 0.29) is 17.3 Å². The number of nitrogens with one attached hydrogen (secondary N) is 2. The van der Waals surface area contributed by atoms with Gasteiger partial charge in [-0.3, -0.25) is 9.36 Å². The first-order valence-electron chi connectivity index (χ1n) is 6.43. The fraction of sp³-hybridized carbons (Fsp3) is 0.308. The molecule has 2 rings (SSSR count). The SMILES string of the molecule is CCCn1c(SCC(=O)Nc2cccc(Br)c2)n[nH]c1=O. The largest absolute Gasteiger partial charge is 0.343 e. The number of benzene rings is 1. The van der Waals surface area contributed by atoms with Crippen molar-refractivity contribution >= 4 is 39.3 Å². The van der Waals surface area contributed by atoms with E-state index in [1.165, 1.54) is 16.3 Å². The van der Waals surface area contributed by atoms with Crippen LogP contribution in [0.25, 0.3) is 0 Å². The number of anilines is 1. The first kappa shape index (κ1) is 15.8. The lowest BCUT2D eigenvalue weighted by Gasteiger charge is -2.06. The third-order valence-electron chi connectivity index (χ3n) is 2.61. The van der Waals surface area contributed by atoms with Gasteiger partial charge in [0.2, 0.25) is 5.91 Å². The van der Waals surface area contributed by atoms with Gasteiger partial charge in [-0.25, -0.2) is 9.89 Å². The summed E-state index contributed by atoms with van der Waals surface area (Å²) in [5.41, 5.74) is 0.481. The van der Waals surface area contributed by atoms with E-state index in [1.807, 2.05) is 31.2 Å². The summed E-state index contributed by atoms with van der Waals surface area (Å²) in [5.74, 6) is 0.0529. The molecule has 0 aliphatic rings. The van der Waals surface area contributed by atoms with Gasteiger partial charge in [0.05, 0.1) is 5.75 Å². The van der Waals surface area contributed by atoms with Crippen molar-refractivity contribution in [2.45, 2.75) is 25.0 Å². The second-order valence-electron chi connectivity index (χ2n) is 4.31. The normalized spacial score (nSPS) is 10.6. The first-order chi connectivity index (χ1) is 10.1. The minimum atomic E-state index is -0.244. The molecule has 0 unspecified atom stereocenters. The predicted octanol–water partition coefficient (Wildman–Crippen LogP) is 2.47. The van der Waals surface area contributed by atoms with E-state index < -0.39 is 0 Å². The van der Waals surface area contributed by atoms with Crippen molar-refractivity contribution in [2.24, 2.45) is 0 Å². The van der Waals surface area contributed by atoms with Crippen molar-refractivity contribution in [3.05, 3.63) is 39.2 Å². The summed E-state index contributed by atoms with van der Waals surface area (Å²) in [6.07, 6.45) is 0.831. The maximum atomic E-state index is 11.9. The fourth-order valence-corrected chi connectivity index (χ4v) is 2.90. The van der Waals surface area contributed by atoms with Crippen molar-refractivity contribution in [3.8, 4) is 0 Å². The Bertz CT molecular complexity index is 683. The zero-order chi connectivity index (χ0) is 15.2. The highest BCUT2D eigenvalue weighted by molar-refractivity contribution is 9.10. The summed E-state index contributed by atoms with van der Waals surface area (Å²) >= 11 is 4.58. The van der Waals surface area contributed by atoms with Gasteiger partial charge in [0.25, 0.3) is 0 Å². The number of hydrogen-bond donors (Lipinski definition) is 2. The van der Waals surface area contributed by atoms with Crippen LogP contribution in [-0.4, -0.2) is 26.4 Å². The highest BCUT2D eigenvalue weighted by Crippen LogP contribution is 2.17. The van der Waals surface area contributed by atoms with Crippen LogP contribution in [-0.2, 0) is 11.3 Å². The summed E-state index contributed by atoms with van der Waals surface area (Å²) < 4.78 is 2.44. The zero-order valence-corrected chi connectivity index (χ0v) is 13.8. The molecular weight excluding hydrogens is 356 g/mol. The molecule has 2 N–H and O–H groups in total. The Morgan fingerprint density at radius 1 is 1.52 bits per heavy atom. The molecule has 0 saturated heterocycles. The topological polar surface area (TPSA) is 79.8 Å². The van der Waals surface area contributed by atoms with Crippen molar-refractivity contribution in [1.29, 1.82) is 0 Å². The van der Waals surface area contributed by atoms with Crippen LogP contribution in [0.1, 0.15) is 13.3 Å². The highest BCUT2D eigenvalue weighted by Gasteiger charge is 2.11. The number of carbonyl (C=O) groups is 1. The average molecular weight is 371 g/mol. The van der Waals surface area contributed by atoms with Crippen molar-refractivity contribution in [3.63, 3.8) is 0 Å². The Morgan fingerprint density at radius 3 is 3.05 bits per heavy atom. The van der Waals surface area contributed by atoms with E-state index in [2.05, 4.69) is 31.4 Å². The lowest BCUT2D eigenvalue weighted by molar-refractivity contribution is -0.113. The molecule has 1 amide bonds. The second kappa shape index (κ2) is 7.46. The number of nitrogens with zero attached hydrogens (tertiary/aromatic N) is 2. The van der Waals surface area contributed by atoms with Gasteiger partial charge in [0.1, 0.15) is 0 Å². The molecule has 0 aliphatic carbocycles. The van der Waals surface area contributed by atoms with Crippen molar-refractivity contribution < 1.29 is 4.79 Å². The summed E-state index contributed by atoms with van der Waals surface area (Å²) in [7, 11) is 0. The molecule has 6 nitrogen and oxygen atoms in total. The molecule has 0 bridgehead atoms. The zero-order valence-electron chi connectivity index (χ0n) is 11.4. The number of thioether (sulfide) groups is 1. The lowest BCUT2D eigenvalue weighted by atomic mass is 10.3. The molecule has 0 fully saturated rings. The van der Waals surface area contributed by atoms with Gasteiger partial charge in [-0.2, -0.15) is 0 Å². The van der Waals surface area contributed by atoms with E-state index in [0.29, 0.717) is 11.7 Å². The summed E-state index contributed by atoms with van der Waals surface area (Å²) in [4.78, 5) is 23.4. The number of H-pyrrole nitrogens is 1. The summed E-state index contributed by atoms with van der Waals surface area (Å²) in [6.45, 7) is 2.57. The van der Waals surface area contributed by atoms with E-state index in [0.717, 1.165) is 16.6 Å². The maximum absolute atomic E-state index is 11.9. The number of aromatic amines is 1. The van der Waals surface area contributed by atoms with Crippen molar-refractivity contribution in [1.82, 2.24) is 14.8 Å². The Kier molecular flexibility index (Phi) is 5.63. The molecule has 21 heavy (non-hydrogen) atoms. The number of carbonyl (C=O) groups excluding carboxylic acids is 1. The first-order valence-corrected chi connectivity index (χ1v) is 8.21. The molecule has 1 heterocycles. The quantitative estimate of drug-likeness (QED) is 0.765. The van der Waals surface area contributed by atoms with Gasteiger partial charge >= 0.3 is 5.69 Å². The lowest BCUT2D eigenvalue weighted by Crippen LogP contribution is -2.18. The Balaban J connectivity index is 1.94. The molecule has 1 aromatic carbocycles. The highest BCUT2D eigenvalue weighted by atomic mass is 79.9. The Hall–Kier alpha value is -1.54. The molecule has 8 heteroatoms. The van der Waals surface area contributed by atoms with Crippen LogP contribution in [0.5, 0.6) is 0 Å². The molecule has 112 valence electrons. The summed E-state index contributed by atoms with van der Waals surface area (Å²) in [6, 6.07) is 7.37. The Labute approximate surface area is 134 Å². The minimum absolute atomic E-state index is 0.142. The summed E-state index contributed by atoms with van der Waals surface area (Å²) in [5, 5.41) is 9.66. The van der Waals surface area contributed by atoms with Gasteiger partial charge in [-0.05, 0) is 24.6 Å². The maximum Gasteiger partial charge on any atom is 0.343 e. The molecule has 0 atom stereocenters. The van der Waals surface area contributed by atoms with Gasteiger partial charge in [-0.15, -0.1) is 5.10 Å². The van der Waals surface area contributed by atoms with Crippen LogP contribution in [0.15, 0.2) is 38.7 Å². The van der Waals surface area contributed by atoms with Gasteiger partial charge in [0.15, 0.2) is 5.16 Å². The van der Waals surface area contributed by atoms with Crippen LogP contribution in [0.3, 0.4) is 0 Å². The van der Waals surface area contributed by atoms with E-state index in [9.17, 15) is 9.59 Å². The third-order valence-corrected chi connectivity index (χ3v) is 4.08. The molecular formula is C13H15BrN4O2S. The molecule has 0 aliphatic heterocycles.